The third-order valence-electron chi connectivity index (χ3n) is 4.13. The molecular formula is C13H24N6O. The number of anilines is 1. The number of piperidine rings is 1. The van der Waals surface area contributed by atoms with Crippen LogP contribution < -0.4 is 10.6 Å². The van der Waals surface area contributed by atoms with Crippen LogP contribution in [0.4, 0.5) is 5.82 Å². The van der Waals surface area contributed by atoms with E-state index in [4.69, 9.17) is 10.9 Å². The Morgan fingerprint density at radius 1 is 1.40 bits per heavy atom. The molecule has 0 amide bonds. The van der Waals surface area contributed by atoms with Crippen molar-refractivity contribution < 1.29 is 5.21 Å². The SMILES string of the molecule is Cc1nn(C)c(N(C)C2CCN(C)CC2)c1C(N)=NO. The molecule has 0 atom stereocenters. The fraction of sp³-hybridized carbons (Fsp3) is 0.692. The smallest absolute Gasteiger partial charge is 0.175 e. The summed E-state index contributed by atoms with van der Waals surface area (Å²) in [6.45, 7) is 4.05. The van der Waals surface area contributed by atoms with Crippen molar-refractivity contribution in [3.8, 4) is 0 Å². The lowest BCUT2D eigenvalue weighted by atomic mass is 10.0. The maximum absolute atomic E-state index is 8.97. The molecule has 0 spiro atoms. The number of hydrogen-bond donors (Lipinski definition) is 2. The third kappa shape index (κ3) is 2.58. The average Bonchev–Trinajstić information content (AvgIpc) is 2.72. The van der Waals surface area contributed by atoms with Gasteiger partial charge in [0.2, 0.25) is 0 Å². The number of nitrogens with two attached hydrogens (primary N) is 1. The van der Waals surface area contributed by atoms with Crippen molar-refractivity contribution in [1.29, 1.82) is 0 Å². The number of hydrogen-bond acceptors (Lipinski definition) is 5. The van der Waals surface area contributed by atoms with Crippen LogP contribution in [0.1, 0.15) is 24.1 Å². The van der Waals surface area contributed by atoms with E-state index in [1.54, 1.807) is 4.68 Å². The Hall–Kier alpha value is -1.76. The third-order valence-corrected chi connectivity index (χ3v) is 4.13. The van der Waals surface area contributed by atoms with Crippen molar-refractivity contribution in [2.75, 3.05) is 32.1 Å². The first kappa shape index (κ1) is 14.6. The molecule has 2 heterocycles. The van der Waals surface area contributed by atoms with Crippen LogP contribution in [0, 0.1) is 6.92 Å². The molecule has 1 aliphatic rings. The number of amidine groups is 1. The van der Waals surface area contributed by atoms with Crippen LogP contribution in [-0.2, 0) is 7.05 Å². The summed E-state index contributed by atoms with van der Waals surface area (Å²) in [6.07, 6.45) is 2.21. The number of rotatable bonds is 3. The van der Waals surface area contributed by atoms with Crippen LogP contribution in [-0.4, -0.2) is 58.9 Å². The summed E-state index contributed by atoms with van der Waals surface area (Å²) in [7, 11) is 6.09. The van der Waals surface area contributed by atoms with Gasteiger partial charge in [0.15, 0.2) is 5.84 Å². The number of aryl methyl sites for hydroxylation is 2. The Balaban J connectivity index is 2.32. The normalized spacial score (nSPS) is 18.5. The topological polar surface area (TPSA) is 82.9 Å². The summed E-state index contributed by atoms with van der Waals surface area (Å²) in [5, 5.41) is 16.5. The molecule has 1 aromatic heterocycles. The lowest BCUT2D eigenvalue weighted by molar-refractivity contribution is 0.252. The highest BCUT2D eigenvalue weighted by Crippen LogP contribution is 2.26. The lowest BCUT2D eigenvalue weighted by Crippen LogP contribution is -2.43. The quantitative estimate of drug-likeness (QED) is 0.361. The Bertz CT molecular complexity index is 501. The number of oxime groups is 1. The second-order valence-electron chi connectivity index (χ2n) is 5.54. The first-order valence-corrected chi connectivity index (χ1v) is 6.88. The maximum Gasteiger partial charge on any atom is 0.175 e. The highest BCUT2D eigenvalue weighted by molar-refractivity contribution is 6.02. The van der Waals surface area contributed by atoms with Crippen LogP contribution in [0.25, 0.3) is 0 Å². The van der Waals surface area contributed by atoms with E-state index in [0.29, 0.717) is 6.04 Å². The second-order valence-corrected chi connectivity index (χ2v) is 5.54. The minimum atomic E-state index is 0.116. The van der Waals surface area contributed by atoms with E-state index in [-0.39, 0.29) is 5.84 Å². The van der Waals surface area contributed by atoms with Gasteiger partial charge in [0.1, 0.15) is 5.82 Å². The van der Waals surface area contributed by atoms with E-state index in [2.05, 4.69) is 34.1 Å². The highest BCUT2D eigenvalue weighted by Gasteiger charge is 2.27. The zero-order valence-electron chi connectivity index (χ0n) is 12.7. The van der Waals surface area contributed by atoms with E-state index in [1.165, 1.54) is 0 Å². The van der Waals surface area contributed by atoms with Gasteiger partial charge < -0.3 is 20.7 Å². The second kappa shape index (κ2) is 5.70. The van der Waals surface area contributed by atoms with Gasteiger partial charge in [0.25, 0.3) is 0 Å². The fourth-order valence-corrected chi connectivity index (χ4v) is 2.96. The average molecular weight is 280 g/mol. The van der Waals surface area contributed by atoms with E-state index < -0.39 is 0 Å². The number of nitrogens with zero attached hydrogens (tertiary/aromatic N) is 5. The first-order valence-electron chi connectivity index (χ1n) is 6.88. The van der Waals surface area contributed by atoms with Crippen molar-refractivity contribution >= 4 is 11.7 Å². The van der Waals surface area contributed by atoms with E-state index in [1.807, 2.05) is 14.0 Å². The van der Waals surface area contributed by atoms with Crippen molar-refractivity contribution in [1.82, 2.24) is 14.7 Å². The van der Waals surface area contributed by atoms with Gasteiger partial charge in [-0.1, -0.05) is 5.16 Å². The van der Waals surface area contributed by atoms with Gasteiger partial charge in [0, 0.05) is 20.1 Å². The molecule has 112 valence electrons. The molecule has 1 aliphatic heterocycles. The first-order chi connectivity index (χ1) is 9.45. The summed E-state index contributed by atoms with van der Waals surface area (Å²) in [5.41, 5.74) is 7.30. The monoisotopic (exact) mass is 280 g/mol. The van der Waals surface area contributed by atoms with Gasteiger partial charge in [-0.3, -0.25) is 4.68 Å². The van der Waals surface area contributed by atoms with Gasteiger partial charge >= 0.3 is 0 Å². The van der Waals surface area contributed by atoms with Crippen LogP contribution in [0.2, 0.25) is 0 Å². The van der Waals surface area contributed by atoms with E-state index in [0.717, 1.165) is 43.0 Å². The van der Waals surface area contributed by atoms with Crippen LogP contribution >= 0.6 is 0 Å². The van der Waals surface area contributed by atoms with Gasteiger partial charge in [-0.25, -0.2) is 0 Å². The summed E-state index contributed by atoms with van der Waals surface area (Å²) in [4.78, 5) is 4.55. The van der Waals surface area contributed by atoms with Gasteiger partial charge in [-0.05, 0) is 39.9 Å². The van der Waals surface area contributed by atoms with Gasteiger partial charge in [0.05, 0.1) is 11.3 Å². The summed E-state index contributed by atoms with van der Waals surface area (Å²) in [5.74, 6) is 1.03. The molecule has 0 unspecified atom stereocenters. The molecule has 0 saturated carbocycles. The molecule has 1 saturated heterocycles. The Morgan fingerprint density at radius 3 is 2.55 bits per heavy atom. The largest absolute Gasteiger partial charge is 0.409 e. The summed E-state index contributed by atoms with van der Waals surface area (Å²) < 4.78 is 1.81. The molecule has 20 heavy (non-hydrogen) atoms. The Morgan fingerprint density at radius 2 is 2.00 bits per heavy atom. The zero-order chi connectivity index (χ0) is 14.9. The number of aromatic nitrogens is 2. The molecule has 7 nitrogen and oxygen atoms in total. The lowest BCUT2D eigenvalue weighted by Gasteiger charge is -2.36. The minimum Gasteiger partial charge on any atom is -0.409 e. The van der Waals surface area contributed by atoms with Gasteiger partial charge in [-0.2, -0.15) is 5.10 Å². The molecule has 0 radical (unpaired) electrons. The standard InChI is InChI=1S/C13H24N6O/c1-9-11(12(14)16-20)13(19(4)15-9)18(3)10-5-7-17(2)8-6-10/h10,20H,5-8H2,1-4H3,(H2,14,16). The van der Waals surface area contributed by atoms with E-state index in [9.17, 15) is 0 Å². The van der Waals surface area contributed by atoms with Crippen LogP contribution in [0.5, 0.6) is 0 Å². The Kier molecular flexibility index (Phi) is 4.17. The molecule has 1 fully saturated rings. The molecule has 2 rings (SSSR count). The predicted octanol–water partition coefficient (Wildman–Crippen LogP) is 0.353. The molecule has 1 aromatic rings. The molecule has 0 aromatic carbocycles. The van der Waals surface area contributed by atoms with Crippen molar-refractivity contribution in [3.63, 3.8) is 0 Å². The molecular weight excluding hydrogens is 256 g/mol. The maximum atomic E-state index is 8.97. The van der Waals surface area contributed by atoms with E-state index >= 15 is 0 Å². The highest BCUT2D eigenvalue weighted by atomic mass is 16.4. The van der Waals surface area contributed by atoms with Crippen LogP contribution in [0.3, 0.4) is 0 Å². The molecule has 3 N–H and O–H groups in total. The summed E-state index contributed by atoms with van der Waals surface area (Å²) >= 11 is 0. The van der Waals surface area contributed by atoms with Gasteiger partial charge in [-0.15, -0.1) is 0 Å². The predicted molar refractivity (Wildman–Crippen MR) is 79.4 cm³/mol. The van der Waals surface area contributed by atoms with Crippen molar-refractivity contribution in [2.24, 2.45) is 17.9 Å². The molecule has 7 heteroatoms. The summed E-state index contributed by atoms with van der Waals surface area (Å²) in [6, 6.07) is 0.450. The molecule has 0 bridgehead atoms. The minimum absolute atomic E-state index is 0.116. The van der Waals surface area contributed by atoms with Crippen molar-refractivity contribution in [2.45, 2.75) is 25.8 Å². The Labute approximate surface area is 119 Å². The molecule has 0 aliphatic carbocycles. The van der Waals surface area contributed by atoms with Crippen molar-refractivity contribution in [3.05, 3.63) is 11.3 Å². The zero-order valence-corrected chi connectivity index (χ0v) is 12.7. The number of likely N-dealkylation sites (tertiary alicyclic amines) is 1. The fourth-order valence-electron chi connectivity index (χ4n) is 2.96. The van der Waals surface area contributed by atoms with Crippen LogP contribution in [0.15, 0.2) is 5.16 Å².